The lowest BCUT2D eigenvalue weighted by atomic mass is 9.85. The highest BCUT2D eigenvalue weighted by molar-refractivity contribution is 5.93. The third-order valence-electron chi connectivity index (χ3n) is 7.14. The molecule has 0 fully saturated rings. The van der Waals surface area contributed by atoms with Crippen molar-refractivity contribution < 1.29 is 14.3 Å². The molecule has 0 saturated carbocycles. The molecule has 0 saturated heterocycles. The maximum absolute atomic E-state index is 13.3. The van der Waals surface area contributed by atoms with Crippen molar-refractivity contribution in [2.45, 2.75) is 19.4 Å². The fraction of sp³-hybridized carbons (Fsp3) is 0.172. The van der Waals surface area contributed by atoms with Gasteiger partial charge in [0.15, 0.2) is 11.3 Å². The summed E-state index contributed by atoms with van der Waals surface area (Å²) in [5.74, 6) is -0.650. The summed E-state index contributed by atoms with van der Waals surface area (Å²) >= 11 is 0. The third-order valence-corrected chi connectivity index (χ3v) is 7.14. The summed E-state index contributed by atoms with van der Waals surface area (Å²) < 4.78 is 7.18. The van der Waals surface area contributed by atoms with Crippen molar-refractivity contribution in [1.82, 2.24) is 14.5 Å². The summed E-state index contributed by atoms with van der Waals surface area (Å²) in [5.41, 5.74) is 10.5. The van der Waals surface area contributed by atoms with Gasteiger partial charge in [-0.05, 0) is 59.9 Å². The van der Waals surface area contributed by atoms with Gasteiger partial charge in [-0.15, -0.1) is 0 Å². The van der Waals surface area contributed by atoms with Crippen molar-refractivity contribution in [2.75, 3.05) is 11.4 Å². The number of nitrogens with two attached hydrogens (primary N) is 1. The molecular formula is C29H25N5O4. The summed E-state index contributed by atoms with van der Waals surface area (Å²) in [6.45, 7) is 2.56. The molecule has 0 bridgehead atoms. The molecule has 6 rings (SSSR count). The molecule has 2 aromatic heterocycles. The van der Waals surface area contributed by atoms with Crippen LogP contribution in [0.1, 0.15) is 38.7 Å². The molecule has 1 aliphatic rings. The molecule has 1 aliphatic heterocycles. The van der Waals surface area contributed by atoms with Crippen LogP contribution in [-0.2, 0) is 13.5 Å². The number of rotatable bonds is 4. The average Bonchev–Trinajstić information content (AvgIpc) is 3.35. The standard InChI is InChI=1S/C29H25N5O4/c1-16-7-3-4-8-19(16)24-20-15-18(26(30)36)12-11-17(20)13-14-34(24)29-32-23(25(35)28(37)33(29)2)27-31-21-9-5-6-10-22(21)38-27/h3-12,15,24,35H,13-14H2,1-2H3,(H2,30,36)/t24-/m1/s1. The van der Waals surface area contributed by atoms with Gasteiger partial charge < -0.3 is 20.2 Å². The Labute approximate surface area is 217 Å². The number of carbonyl (C=O) groups is 1. The highest BCUT2D eigenvalue weighted by atomic mass is 16.4. The first-order valence-electron chi connectivity index (χ1n) is 12.2. The van der Waals surface area contributed by atoms with E-state index in [1.165, 1.54) is 4.57 Å². The van der Waals surface area contributed by atoms with Gasteiger partial charge in [0.25, 0.3) is 11.4 Å². The van der Waals surface area contributed by atoms with E-state index in [1.54, 1.807) is 25.2 Å². The first kappa shape index (κ1) is 23.5. The van der Waals surface area contributed by atoms with Crippen LogP contribution in [0, 0.1) is 6.92 Å². The topological polar surface area (TPSA) is 127 Å². The van der Waals surface area contributed by atoms with Gasteiger partial charge in [-0.25, -0.2) is 9.97 Å². The first-order chi connectivity index (χ1) is 18.3. The zero-order valence-electron chi connectivity index (χ0n) is 20.9. The van der Waals surface area contributed by atoms with Crippen LogP contribution in [0.3, 0.4) is 0 Å². The fourth-order valence-electron chi connectivity index (χ4n) is 5.17. The molecule has 190 valence electrons. The lowest BCUT2D eigenvalue weighted by Gasteiger charge is -2.39. The van der Waals surface area contributed by atoms with Crippen LogP contribution in [0.5, 0.6) is 5.75 Å². The summed E-state index contributed by atoms with van der Waals surface area (Å²) in [6, 6.07) is 20.3. The number of aromatic hydroxyl groups is 1. The van der Waals surface area contributed by atoms with E-state index < -0.39 is 17.2 Å². The molecule has 3 aromatic carbocycles. The predicted molar refractivity (Wildman–Crippen MR) is 143 cm³/mol. The number of benzene rings is 3. The Bertz CT molecular complexity index is 1760. The normalized spacial score (nSPS) is 15.0. The molecule has 38 heavy (non-hydrogen) atoms. The zero-order valence-corrected chi connectivity index (χ0v) is 20.9. The summed E-state index contributed by atoms with van der Waals surface area (Å²) in [4.78, 5) is 36.5. The molecule has 0 aliphatic carbocycles. The number of aromatic nitrogens is 3. The van der Waals surface area contributed by atoms with Gasteiger partial charge in [0.05, 0.1) is 6.04 Å². The number of nitrogens with zero attached hydrogens (tertiary/aromatic N) is 4. The molecule has 9 heteroatoms. The largest absolute Gasteiger partial charge is 0.501 e. The number of anilines is 1. The summed E-state index contributed by atoms with van der Waals surface area (Å²) in [6.07, 6.45) is 0.658. The molecule has 0 radical (unpaired) electrons. The number of fused-ring (bicyclic) bond motifs is 2. The summed E-state index contributed by atoms with van der Waals surface area (Å²) in [5, 5.41) is 10.8. The van der Waals surface area contributed by atoms with Crippen molar-refractivity contribution in [3.8, 4) is 17.3 Å². The van der Waals surface area contributed by atoms with E-state index >= 15 is 0 Å². The predicted octanol–water partition coefficient (Wildman–Crippen LogP) is 3.85. The Balaban J connectivity index is 1.58. The van der Waals surface area contributed by atoms with E-state index in [0.717, 1.165) is 22.3 Å². The van der Waals surface area contributed by atoms with Crippen molar-refractivity contribution in [3.63, 3.8) is 0 Å². The third kappa shape index (κ3) is 3.71. The molecule has 3 N–H and O–H groups in total. The molecule has 3 heterocycles. The van der Waals surface area contributed by atoms with Gasteiger partial charge in [-0.3, -0.25) is 14.2 Å². The van der Waals surface area contributed by atoms with Gasteiger partial charge in [0.2, 0.25) is 17.6 Å². The van der Waals surface area contributed by atoms with Crippen LogP contribution in [0.25, 0.3) is 22.7 Å². The van der Waals surface area contributed by atoms with Crippen molar-refractivity contribution in [2.24, 2.45) is 12.8 Å². The zero-order chi connectivity index (χ0) is 26.6. The Kier molecular flexibility index (Phi) is 5.48. The lowest BCUT2D eigenvalue weighted by Crippen LogP contribution is -2.40. The van der Waals surface area contributed by atoms with E-state index in [2.05, 4.69) is 4.98 Å². The number of hydrogen-bond donors (Lipinski definition) is 2. The molecule has 0 spiro atoms. The molecule has 5 aromatic rings. The highest BCUT2D eigenvalue weighted by Gasteiger charge is 2.34. The first-order valence-corrected chi connectivity index (χ1v) is 12.2. The fourth-order valence-corrected chi connectivity index (χ4v) is 5.17. The van der Waals surface area contributed by atoms with Gasteiger partial charge >= 0.3 is 0 Å². The number of oxazole rings is 1. The Morgan fingerprint density at radius 2 is 1.82 bits per heavy atom. The second-order valence-corrected chi connectivity index (χ2v) is 9.44. The van der Waals surface area contributed by atoms with E-state index in [1.807, 2.05) is 60.4 Å². The molecule has 1 atom stereocenters. The maximum Gasteiger partial charge on any atom is 0.297 e. The number of amides is 1. The van der Waals surface area contributed by atoms with Crippen LogP contribution in [-0.4, -0.2) is 32.1 Å². The summed E-state index contributed by atoms with van der Waals surface area (Å²) in [7, 11) is 1.57. The van der Waals surface area contributed by atoms with Crippen molar-refractivity contribution in [3.05, 3.63) is 105 Å². The van der Waals surface area contributed by atoms with Gasteiger partial charge in [-0.2, -0.15) is 0 Å². The molecule has 0 unspecified atom stereocenters. The number of para-hydroxylation sites is 2. The minimum atomic E-state index is -0.618. The molecular weight excluding hydrogens is 482 g/mol. The number of hydrogen-bond acceptors (Lipinski definition) is 7. The van der Waals surface area contributed by atoms with E-state index in [-0.39, 0.29) is 17.6 Å². The second-order valence-electron chi connectivity index (χ2n) is 9.44. The number of aryl methyl sites for hydroxylation is 1. The Morgan fingerprint density at radius 1 is 1.05 bits per heavy atom. The van der Waals surface area contributed by atoms with E-state index in [4.69, 9.17) is 15.1 Å². The number of primary amides is 1. The SMILES string of the molecule is Cc1ccccc1[C@@H]1c2cc(C(N)=O)ccc2CCN1c1nc(-c2nc3ccccc3o2)c(O)c(=O)n1C. The van der Waals surface area contributed by atoms with Crippen molar-refractivity contribution >= 4 is 23.0 Å². The molecule has 1 amide bonds. The minimum absolute atomic E-state index is 0.0282. The average molecular weight is 508 g/mol. The Morgan fingerprint density at radius 3 is 2.58 bits per heavy atom. The minimum Gasteiger partial charge on any atom is -0.501 e. The van der Waals surface area contributed by atoms with Crippen LogP contribution >= 0.6 is 0 Å². The van der Waals surface area contributed by atoms with Crippen LogP contribution < -0.4 is 16.2 Å². The van der Waals surface area contributed by atoms with Crippen LogP contribution in [0.2, 0.25) is 0 Å². The monoisotopic (exact) mass is 507 g/mol. The van der Waals surface area contributed by atoms with E-state index in [0.29, 0.717) is 35.6 Å². The quantitative estimate of drug-likeness (QED) is 0.378. The van der Waals surface area contributed by atoms with Gasteiger partial charge in [0.1, 0.15) is 5.52 Å². The van der Waals surface area contributed by atoms with E-state index in [9.17, 15) is 14.7 Å². The second kappa shape index (κ2) is 8.88. The Hall–Kier alpha value is -4.92. The van der Waals surface area contributed by atoms with Crippen LogP contribution in [0.4, 0.5) is 5.95 Å². The lowest BCUT2D eigenvalue weighted by molar-refractivity contribution is 0.1000. The van der Waals surface area contributed by atoms with Gasteiger partial charge in [-0.1, -0.05) is 42.5 Å². The highest BCUT2D eigenvalue weighted by Crippen LogP contribution is 2.40. The number of carbonyl (C=O) groups excluding carboxylic acids is 1. The van der Waals surface area contributed by atoms with Gasteiger partial charge in [0, 0.05) is 19.2 Å². The van der Waals surface area contributed by atoms with Crippen LogP contribution in [0.15, 0.2) is 75.9 Å². The maximum atomic E-state index is 13.3. The molecule has 9 nitrogen and oxygen atoms in total. The smallest absolute Gasteiger partial charge is 0.297 e. The van der Waals surface area contributed by atoms with Crippen molar-refractivity contribution in [1.29, 1.82) is 0 Å².